The molecule has 1 aromatic carbocycles. The van der Waals surface area contributed by atoms with Crippen LogP contribution in [0.3, 0.4) is 0 Å². The average Bonchev–Trinajstić information content (AvgIpc) is 2.65. The van der Waals surface area contributed by atoms with Gasteiger partial charge in [0.25, 0.3) is 0 Å². The molecule has 0 spiro atoms. The van der Waals surface area contributed by atoms with Crippen molar-refractivity contribution in [3.8, 4) is 0 Å². The van der Waals surface area contributed by atoms with E-state index in [4.69, 9.17) is 0 Å². The molecule has 1 aromatic heterocycles. The molecule has 0 bridgehead atoms. The van der Waals surface area contributed by atoms with Crippen LogP contribution in [0.2, 0.25) is 0 Å². The van der Waals surface area contributed by atoms with E-state index in [9.17, 15) is 4.79 Å². The molecule has 0 unspecified atom stereocenters. The molecule has 0 fully saturated rings. The maximum Gasteiger partial charge on any atom is 0.184 e. The van der Waals surface area contributed by atoms with Gasteiger partial charge >= 0.3 is 0 Å². The molecule has 0 amide bonds. The molecule has 4 heteroatoms. The Labute approximate surface area is 157 Å². The third-order valence-electron chi connectivity index (χ3n) is 4.72. The first-order chi connectivity index (χ1) is 12.6. The fourth-order valence-corrected chi connectivity index (χ4v) is 3.45. The van der Waals surface area contributed by atoms with Gasteiger partial charge in [-0.15, -0.1) is 0 Å². The zero-order valence-electron chi connectivity index (χ0n) is 16.6. The van der Waals surface area contributed by atoms with Gasteiger partial charge in [0.1, 0.15) is 0 Å². The van der Waals surface area contributed by atoms with Crippen molar-refractivity contribution < 1.29 is 0 Å². The molecular formula is C22H31N3O. The van der Waals surface area contributed by atoms with Crippen molar-refractivity contribution in [2.24, 2.45) is 4.99 Å². The second kappa shape index (κ2) is 9.48. The second-order valence-electron chi connectivity index (χ2n) is 6.55. The van der Waals surface area contributed by atoms with E-state index in [0.717, 1.165) is 56.0 Å². The Morgan fingerprint density at radius 3 is 2.62 bits per heavy atom. The summed E-state index contributed by atoms with van der Waals surface area (Å²) in [6, 6.07) is 8.17. The number of rotatable bonds is 5. The molecule has 3 rings (SSSR count). The van der Waals surface area contributed by atoms with E-state index in [2.05, 4.69) is 46.3 Å². The van der Waals surface area contributed by atoms with Crippen molar-refractivity contribution in [3.63, 3.8) is 0 Å². The van der Waals surface area contributed by atoms with Gasteiger partial charge in [0.2, 0.25) is 0 Å². The largest absolute Gasteiger partial charge is 0.348 e. The number of para-hydroxylation sites is 1. The summed E-state index contributed by atoms with van der Waals surface area (Å²) < 4.78 is 2.20. The fourth-order valence-electron chi connectivity index (χ4n) is 3.45. The molecule has 1 aliphatic heterocycles. The number of hydrogen-bond acceptors (Lipinski definition) is 3. The summed E-state index contributed by atoms with van der Waals surface area (Å²) in [7, 11) is 0. The van der Waals surface area contributed by atoms with Gasteiger partial charge in [0.15, 0.2) is 5.43 Å². The first kappa shape index (κ1) is 20.1. The van der Waals surface area contributed by atoms with E-state index >= 15 is 0 Å². The minimum Gasteiger partial charge on any atom is -0.348 e. The number of hydrogen-bond donors (Lipinski definition) is 0. The number of benzene rings is 1. The van der Waals surface area contributed by atoms with Gasteiger partial charge in [-0.25, -0.2) is 0 Å². The Hall–Kier alpha value is -2.20. The lowest BCUT2D eigenvalue weighted by atomic mass is 10.0. The van der Waals surface area contributed by atoms with Crippen molar-refractivity contribution in [2.75, 3.05) is 6.54 Å². The van der Waals surface area contributed by atoms with Gasteiger partial charge in [-0.3, -0.25) is 14.7 Å². The molecular weight excluding hydrogens is 322 g/mol. The van der Waals surface area contributed by atoms with Crippen molar-refractivity contribution in [2.45, 2.75) is 60.2 Å². The standard InChI is InChI=1S/C20H25N3O.C2H6/c1-4-6-16-7-5-8-17(20(16)21-3)13-22-9-10-23-12-15(2)19(24)11-18(23)14-22;1-2/h5,7-8,11-12H,3-4,6,9-10,13-14H2,1-2H3;1-2H3. The van der Waals surface area contributed by atoms with E-state index < -0.39 is 0 Å². The monoisotopic (exact) mass is 353 g/mol. The van der Waals surface area contributed by atoms with Crippen LogP contribution in [0.1, 0.15) is 49.6 Å². The molecule has 140 valence electrons. The van der Waals surface area contributed by atoms with E-state index in [1.807, 2.05) is 27.0 Å². The lowest BCUT2D eigenvalue weighted by Gasteiger charge is -2.30. The second-order valence-corrected chi connectivity index (χ2v) is 6.55. The van der Waals surface area contributed by atoms with Gasteiger partial charge in [-0.05, 0) is 31.2 Å². The maximum atomic E-state index is 11.9. The van der Waals surface area contributed by atoms with Crippen LogP contribution in [0, 0.1) is 6.92 Å². The summed E-state index contributed by atoms with van der Waals surface area (Å²) in [5, 5.41) is 0. The van der Waals surface area contributed by atoms with Crippen LogP contribution in [0.5, 0.6) is 0 Å². The highest BCUT2D eigenvalue weighted by Crippen LogP contribution is 2.27. The number of aryl methyl sites for hydroxylation is 2. The van der Waals surface area contributed by atoms with Crippen molar-refractivity contribution in [1.82, 2.24) is 9.47 Å². The predicted molar refractivity (Wildman–Crippen MR) is 111 cm³/mol. The molecule has 0 aliphatic carbocycles. The van der Waals surface area contributed by atoms with E-state index in [-0.39, 0.29) is 5.43 Å². The molecule has 0 N–H and O–H groups in total. The van der Waals surface area contributed by atoms with Crippen LogP contribution in [-0.2, 0) is 26.1 Å². The van der Waals surface area contributed by atoms with Crippen LogP contribution >= 0.6 is 0 Å². The number of pyridine rings is 1. The summed E-state index contributed by atoms with van der Waals surface area (Å²) in [5.41, 5.74) is 5.56. The summed E-state index contributed by atoms with van der Waals surface area (Å²) in [6.07, 6.45) is 4.11. The molecule has 0 saturated heterocycles. The van der Waals surface area contributed by atoms with Crippen LogP contribution in [0.4, 0.5) is 5.69 Å². The van der Waals surface area contributed by atoms with Crippen molar-refractivity contribution in [1.29, 1.82) is 0 Å². The lowest BCUT2D eigenvalue weighted by molar-refractivity contribution is 0.211. The minimum absolute atomic E-state index is 0.126. The summed E-state index contributed by atoms with van der Waals surface area (Å²) in [4.78, 5) is 18.6. The van der Waals surface area contributed by atoms with Crippen molar-refractivity contribution in [3.05, 3.63) is 63.1 Å². The Morgan fingerprint density at radius 2 is 1.92 bits per heavy atom. The highest BCUT2D eigenvalue weighted by molar-refractivity contribution is 5.57. The van der Waals surface area contributed by atoms with Gasteiger partial charge in [0, 0.05) is 49.7 Å². The smallest absolute Gasteiger partial charge is 0.184 e. The number of nitrogens with zero attached hydrogens (tertiary/aromatic N) is 3. The van der Waals surface area contributed by atoms with Gasteiger partial charge in [-0.1, -0.05) is 45.4 Å². The highest BCUT2D eigenvalue weighted by Gasteiger charge is 2.18. The van der Waals surface area contributed by atoms with Gasteiger partial charge in [-0.2, -0.15) is 0 Å². The highest BCUT2D eigenvalue weighted by atomic mass is 16.1. The zero-order valence-corrected chi connectivity index (χ0v) is 16.6. The Bertz CT molecular complexity index is 808. The average molecular weight is 354 g/mol. The number of aromatic nitrogens is 1. The number of fused-ring (bicyclic) bond motifs is 1. The minimum atomic E-state index is 0.126. The fraction of sp³-hybridized carbons (Fsp3) is 0.455. The Morgan fingerprint density at radius 1 is 1.19 bits per heavy atom. The van der Waals surface area contributed by atoms with E-state index in [1.165, 1.54) is 11.1 Å². The molecule has 0 radical (unpaired) electrons. The van der Waals surface area contributed by atoms with Crippen LogP contribution in [0.25, 0.3) is 0 Å². The zero-order chi connectivity index (χ0) is 19.1. The topological polar surface area (TPSA) is 37.6 Å². The molecule has 2 heterocycles. The van der Waals surface area contributed by atoms with Crippen molar-refractivity contribution >= 4 is 12.4 Å². The van der Waals surface area contributed by atoms with Crippen LogP contribution in [0.15, 0.2) is 40.2 Å². The quantitative estimate of drug-likeness (QED) is 0.743. The summed E-state index contributed by atoms with van der Waals surface area (Å²) >= 11 is 0. The molecule has 0 saturated carbocycles. The van der Waals surface area contributed by atoms with Crippen LogP contribution in [-0.4, -0.2) is 22.7 Å². The third kappa shape index (κ3) is 4.50. The molecule has 1 aliphatic rings. The van der Waals surface area contributed by atoms with Gasteiger partial charge in [0.05, 0.1) is 5.69 Å². The Balaban J connectivity index is 0.00000117. The molecule has 0 atom stereocenters. The van der Waals surface area contributed by atoms with E-state index in [1.54, 1.807) is 6.07 Å². The summed E-state index contributed by atoms with van der Waals surface area (Å²) in [6.45, 7) is 15.4. The molecule has 2 aromatic rings. The molecule has 26 heavy (non-hydrogen) atoms. The number of aliphatic imine (C=N–C) groups is 1. The SMILES string of the molecule is C=Nc1c(CCC)cccc1CN1CCn2cc(C)c(=O)cc2C1.CC. The first-order valence-electron chi connectivity index (χ1n) is 9.62. The van der Waals surface area contributed by atoms with Crippen LogP contribution < -0.4 is 5.43 Å². The van der Waals surface area contributed by atoms with Gasteiger partial charge < -0.3 is 4.57 Å². The summed E-state index contributed by atoms with van der Waals surface area (Å²) in [5.74, 6) is 0. The lowest BCUT2D eigenvalue weighted by Crippen LogP contribution is -2.35. The normalized spacial score (nSPS) is 13.5. The first-order valence-corrected chi connectivity index (χ1v) is 9.62. The van der Waals surface area contributed by atoms with E-state index in [0.29, 0.717) is 0 Å². The molecule has 4 nitrogen and oxygen atoms in total. The maximum absolute atomic E-state index is 11.9. The Kier molecular flexibility index (Phi) is 7.34. The predicted octanol–water partition coefficient (Wildman–Crippen LogP) is 4.48. The third-order valence-corrected chi connectivity index (χ3v) is 4.72.